The average molecular weight is 473 g/mol. The van der Waals surface area contributed by atoms with Crippen LogP contribution in [-0.2, 0) is 25.6 Å². The maximum Gasteiger partial charge on any atom is 0.326 e. The zero-order chi connectivity index (χ0) is 24.4. The van der Waals surface area contributed by atoms with E-state index in [2.05, 4.69) is 28.6 Å². The monoisotopic (exact) mass is 472 g/mol. The van der Waals surface area contributed by atoms with Crippen LogP contribution in [0.5, 0.6) is 5.75 Å². The largest absolute Gasteiger partial charge is 0.508 e. The first-order valence-corrected chi connectivity index (χ1v) is 10.2. The summed E-state index contributed by atoms with van der Waals surface area (Å²) < 4.78 is 0. The highest BCUT2D eigenvalue weighted by Gasteiger charge is 2.32. The number of hydrogen-bond donors (Lipinski definition) is 9. The van der Waals surface area contributed by atoms with Gasteiger partial charge in [0.15, 0.2) is 0 Å². The van der Waals surface area contributed by atoms with Gasteiger partial charge in [-0.2, -0.15) is 12.6 Å². The number of benzene rings is 1. The van der Waals surface area contributed by atoms with Crippen LogP contribution in [0, 0.1) is 0 Å². The van der Waals surface area contributed by atoms with E-state index in [1.165, 1.54) is 31.2 Å². The summed E-state index contributed by atoms with van der Waals surface area (Å²) in [5.74, 6) is -4.12. The molecule has 0 aliphatic rings. The molecule has 0 radical (unpaired) electrons. The van der Waals surface area contributed by atoms with Crippen molar-refractivity contribution < 1.29 is 39.6 Å². The second-order valence-electron chi connectivity index (χ2n) is 7.03. The Balaban J connectivity index is 2.85. The molecule has 5 unspecified atom stereocenters. The fraction of sp³-hybridized carbons (Fsp3) is 0.474. The van der Waals surface area contributed by atoms with E-state index < -0.39 is 60.6 Å². The molecule has 12 nitrogen and oxygen atoms in total. The van der Waals surface area contributed by atoms with Gasteiger partial charge < -0.3 is 42.1 Å². The smallest absolute Gasteiger partial charge is 0.326 e. The summed E-state index contributed by atoms with van der Waals surface area (Å²) in [5, 5.41) is 44.6. The van der Waals surface area contributed by atoms with E-state index in [4.69, 9.17) is 5.73 Å². The van der Waals surface area contributed by atoms with Crippen molar-refractivity contribution in [3.05, 3.63) is 29.8 Å². The Kier molecular flexibility index (Phi) is 10.9. The number of amides is 3. The van der Waals surface area contributed by atoms with Gasteiger partial charge in [-0.15, -0.1) is 0 Å². The number of aliphatic carboxylic acids is 1. The van der Waals surface area contributed by atoms with Crippen molar-refractivity contribution in [1.29, 1.82) is 0 Å². The zero-order valence-corrected chi connectivity index (χ0v) is 18.2. The van der Waals surface area contributed by atoms with E-state index >= 15 is 0 Å². The molecule has 3 amide bonds. The molecule has 13 heteroatoms. The molecule has 0 heterocycles. The Morgan fingerprint density at radius 3 is 2.03 bits per heavy atom. The van der Waals surface area contributed by atoms with Crippen LogP contribution in [0.3, 0.4) is 0 Å². The van der Waals surface area contributed by atoms with Gasteiger partial charge in [0.2, 0.25) is 17.7 Å². The second-order valence-corrected chi connectivity index (χ2v) is 7.39. The Hall–Kier alpha value is -2.87. The van der Waals surface area contributed by atoms with Gasteiger partial charge in [-0.05, 0) is 24.6 Å². The highest BCUT2D eigenvalue weighted by molar-refractivity contribution is 7.80. The minimum atomic E-state index is -1.55. The number of thiol groups is 1. The summed E-state index contributed by atoms with van der Waals surface area (Å²) >= 11 is 3.87. The van der Waals surface area contributed by atoms with E-state index in [0.29, 0.717) is 5.56 Å². The summed E-state index contributed by atoms with van der Waals surface area (Å²) in [4.78, 5) is 48.4. The number of carboxylic acid groups (broad SMARTS) is 1. The van der Waals surface area contributed by atoms with E-state index in [-0.39, 0.29) is 17.9 Å². The summed E-state index contributed by atoms with van der Waals surface area (Å²) in [6.07, 6.45) is -1.49. The average Bonchev–Trinajstić information content (AvgIpc) is 2.75. The molecule has 0 saturated carbocycles. The lowest BCUT2D eigenvalue weighted by molar-refractivity contribution is -0.142. The first-order valence-electron chi connectivity index (χ1n) is 9.57. The number of aliphatic hydroxyl groups excluding tert-OH is 2. The normalized spacial score (nSPS) is 15.5. The molecule has 32 heavy (non-hydrogen) atoms. The fourth-order valence-electron chi connectivity index (χ4n) is 2.54. The van der Waals surface area contributed by atoms with Crippen molar-refractivity contribution in [3.8, 4) is 5.75 Å². The van der Waals surface area contributed by atoms with Crippen molar-refractivity contribution in [3.63, 3.8) is 0 Å². The van der Waals surface area contributed by atoms with Crippen LogP contribution >= 0.6 is 12.6 Å². The quantitative estimate of drug-likeness (QED) is 0.143. The van der Waals surface area contributed by atoms with Gasteiger partial charge in [0.25, 0.3) is 0 Å². The summed E-state index contributed by atoms with van der Waals surface area (Å²) in [6, 6.07) is 0.207. The Bertz CT molecular complexity index is 805. The van der Waals surface area contributed by atoms with E-state index in [9.17, 15) is 39.6 Å². The van der Waals surface area contributed by atoms with Crippen LogP contribution in [0.1, 0.15) is 12.5 Å². The molecule has 1 aromatic rings. The highest BCUT2D eigenvalue weighted by Crippen LogP contribution is 2.11. The molecule has 0 aromatic heterocycles. The third-order valence-corrected chi connectivity index (χ3v) is 4.80. The van der Waals surface area contributed by atoms with Gasteiger partial charge >= 0.3 is 5.97 Å². The topological polar surface area (TPSA) is 211 Å². The number of nitrogens with one attached hydrogen (secondary N) is 3. The number of carbonyl (C=O) groups is 4. The fourth-order valence-corrected chi connectivity index (χ4v) is 2.71. The van der Waals surface area contributed by atoms with Crippen LogP contribution in [0.15, 0.2) is 24.3 Å². The molecule has 9 N–H and O–H groups in total. The van der Waals surface area contributed by atoms with E-state index in [1.807, 2.05) is 0 Å². The second kappa shape index (κ2) is 12.9. The maximum atomic E-state index is 12.5. The molecule has 0 spiro atoms. The number of nitrogens with two attached hydrogens (primary N) is 1. The molecule has 5 atom stereocenters. The minimum absolute atomic E-state index is 0.0113. The number of aliphatic hydroxyl groups is 2. The number of phenolic OH excluding ortho intramolecular Hbond substituents is 1. The predicted octanol–water partition coefficient (Wildman–Crippen LogP) is -2.90. The first kappa shape index (κ1) is 27.2. The molecule has 0 fully saturated rings. The third kappa shape index (κ3) is 8.34. The molecule has 1 rings (SSSR count). The van der Waals surface area contributed by atoms with Gasteiger partial charge in [-0.1, -0.05) is 12.1 Å². The zero-order valence-electron chi connectivity index (χ0n) is 17.3. The molecular formula is C19H28N4O8S. The Morgan fingerprint density at radius 2 is 1.56 bits per heavy atom. The van der Waals surface area contributed by atoms with Gasteiger partial charge in [0.1, 0.15) is 23.9 Å². The van der Waals surface area contributed by atoms with E-state index in [0.717, 1.165) is 0 Å². The van der Waals surface area contributed by atoms with Gasteiger partial charge in [0, 0.05) is 12.2 Å². The van der Waals surface area contributed by atoms with Crippen LogP contribution in [-0.4, -0.2) is 86.7 Å². The number of rotatable bonds is 12. The molecule has 178 valence electrons. The molecule has 0 aliphatic carbocycles. The Labute approximate surface area is 189 Å². The SMILES string of the molecule is CC(O)C(NC(=O)C(N)CS)C(=O)NC(CO)C(=O)NC(Cc1ccc(O)cc1)C(=O)O. The number of carbonyl (C=O) groups excluding carboxylic acids is 3. The lowest BCUT2D eigenvalue weighted by atomic mass is 10.1. The van der Waals surface area contributed by atoms with Crippen molar-refractivity contribution in [2.24, 2.45) is 5.73 Å². The summed E-state index contributed by atoms with van der Waals surface area (Å²) in [7, 11) is 0. The van der Waals surface area contributed by atoms with Crippen molar-refractivity contribution in [2.45, 2.75) is 43.6 Å². The molecule has 0 saturated heterocycles. The van der Waals surface area contributed by atoms with Gasteiger partial charge in [0.05, 0.1) is 18.8 Å². The lowest BCUT2D eigenvalue weighted by Crippen LogP contribution is -2.60. The minimum Gasteiger partial charge on any atom is -0.508 e. The number of hydrogen-bond acceptors (Lipinski definition) is 9. The van der Waals surface area contributed by atoms with Crippen LogP contribution in [0.25, 0.3) is 0 Å². The van der Waals surface area contributed by atoms with Crippen LogP contribution in [0.2, 0.25) is 0 Å². The molecular weight excluding hydrogens is 444 g/mol. The van der Waals surface area contributed by atoms with Crippen molar-refractivity contribution in [2.75, 3.05) is 12.4 Å². The first-order chi connectivity index (χ1) is 15.0. The van der Waals surface area contributed by atoms with Crippen LogP contribution < -0.4 is 21.7 Å². The van der Waals surface area contributed by atoms with E-state index in [1.54, 1.807) is 0 Å². The number of carboxylic acids is 1. The molecule has 1 aromatic carbocycles. The van der Waals surface area contributed by atoms with Gasteiger partial charge in [-0.25, -0.2) is 4.79 Å². The third-order valence-electron chi connectivity index (χ3n) is 4.40. The van der Waals surface area contributed by atoms with Crippen molar-refractivity contribution >= 4 is 36.3 Å². The number of phenols is 1. The van der Waals surface area contributed by atoms with Gasteiger partial charge in [-0.3, -0.25) is 14.4 Å². The number of aromatic hydroxyl groups is 1. The predicted molar refractivity (Wildman–Crippen MR) is 116 cm³/mol. The standard InChI is InChI=1S/C19H28N4O8S/c1-9(25)15(23-16(27)12(20)8-32)18(29)22-14(7-24)17(28)21-13(19(30)31)6-10-2-4-11(26)5-3-10/h2-5,9,12-15,24-26,32H,6-8,20H2,1H3,(H,21,28)(H,22,29)(H,23,27)(H,30,31). The maximum absolute atomic E-state index is 12.5. The highest BCUT2D eigenvalue weighted by atomic mass is 32.1. The summed E-state index contributed by atoms with van der Waals surface area (Å²) in [5.41, 5.74) is 6.03. The van der Waals surface area contributed by atoms with Crippen LogP contribution in [0.4, 0.5) is 0 Å². The summed E-state index contributed by atoms with van der Waals surface area (Å²) in [6.45, 7) is 0.350. The van der Waals surface area contributed by atoms with Crippen molar-refractivity contribution in [1.82, 2.24) is 16.0 Å². The molecule has 0 aliphatic heterocycles. The molecule has 0 bridgehead atoms. The lowest BCUT2D eigenvalue weighted by Gasteiger charge is -2.25. The Morgan fingerprint density at radius 1 is 1.00 bits per heavy atom.